The molecule has 24 heavy (non-hydrogen) atoms. The van der Waals surface area contributed by atoms with Crippen molar-refractivity contribution in [3.8, 4) is 11.8 Å². The number of anilines is 1. The molecule has 128 valence electrons. The Labute approximate surface area is 143 Å². The van der Waals surface area contributed by atoms with Crippen molar-refractivity contribution in [2.75, 3.05) is 25.1 Å². The number of nitriles is 1. The minimum absolute atomic E-state index is 0.558. The highest BCUT2D eigenvalue weighted by Crippen LogP contribution is 2.36. The summed E-state index contributed by atoms with van der Waals surface area (Å²) >= 11 is 0. The van der Waals surface area contributed by atoms with Crippen LogP contribution in [-0.4, -0.2) is 35.9 Å². The van der Waals surface area contributed by atoms with E-state index >= 15 is 0 Å². The van der Waals surface area contributed by atoms with E-state index in [1.807, 2.05) is 39.0 Å². The van der Waals surface area contributed by atoms with Gasteiger partial charge in [0.1, 0.15) is 17.3 Å². The summed E-state index contributed by atoms with van der Waals surface area (Å²) in [4.78, 5) is 6.55. The fraction of sp³-hybridized carbons (Fsp3) is 0.474. The minimum Gasteiger partial charge on any atom is -0.494 e. The van der Waals surface area contributed by atoms with Crippen LogP contribution in [0.1, 0.15) is 39.2 Å². The Kier molecular flexibility index (Phi) is 5.63. The number of benzene rings is 1. The van der Waals surface area contributed by atoms with Crippen LogP contribution in [0.3, 0.4) is 0 Å². The van der Waals surface area contributed by atoms with Crippen molar-refractivity contribution in [1.82, 2.24) is 4.98 Å². The van der Waals surface area contributed by atoms with Gasteiger partial charge in [-0.15, -0.1) is 0 Å². The lowest BCUT2D eigenvalue weighted by Gasteiger charge is -2.37. The average molecular weight is 327 g/mol. The molecule has 0 amide bonds. The van der Waals surface area contributed by atoms with Crippen LogP contribution in [0.25, 0.3) is 10.9 Å². The third kappa shape index (κ3) is 3.44. The summed E-state index contributed by atoms with van der Waals surface area (Å²) in [6, 6.07) is 7.98. The average Bonchev–Trinajstić information content (AvgIpc) is 2.62. The molecule has 1 saturated heterocycles. The maximum absolute atomic E-state index is 10.1. The zero-order valence-corrected chi connectivity index (χ0v) is 14.8. The van der Waals surface area contributed by atoms with E-state index < -0.39 is 5.60 Å². The van der Waals surface area contributed by atoms with Crippen LogP contribution in [0.5, 0.6) is 5.75 Å². The molecule has 1 aromatic heterocycles. The van der Waals surface area contributed by atoms with E-state index in [1.54, 1.807) is 13.3 Å². The van der Waals surface area contributed by atoms with Crippen molar-refractivity contribution in [3.63, 3.8) is 0 Å². The van der Waals surface area contributed by atoms with Crippen LogP contribution in [-0.2, 0) is 0 Å². The first-order valence-corrected chi connectivity index (χ1v) is 8.39. The molecule has 5 heteroatoms. The van der Waals surface area contributed by atoms with Gasteiger partial charge in [0.25, 0.3) is 0 Å². The molecule has 0 saturated carbocycles. The Morgan fingerprint density at radius 1 is 1.29 bits per heavy atom. The number of para-hydroxylation sites is 1. The summed E-state index contributed by atoms with van der Waals surface area (Å²) in [6.07, 6.45) is 2.98. The third-order valence-corrected chi connectivity index (χ3v) is 4.33. The molecule has 2 aromatic rings. The Morgan fingerprint density at radius 2 is 1.96 bits per heavy atom. The molecular weight excluding hydrogens is 302 g/mol. The van der Waals surface area contributed by atoms with Gasteiger partial charge in [-0.2, -0.15) is 5.26 Å². The zero-order chi connectivity index (χ0) is 17.7. The van der Waals surface area contributed by atoms with Crippen LogP contribution in [0, 0.1) is 11.3 Å². The molecule has 1 N–H and O–H groups in total. The van der Waals surface area contributed by atoms with Crippen LogP contribution in [0.2, 0.25) is 0 Å². The van der Waals surface area contributed by atoms with E-state index in [9.17, 15) is 10.4 Å². The minimum atomic E-state index is -0.621. The molecule has 3 rings (SSSR count). The summed E-state index contributed by atoms with van der Waals surface area (Å²) in [5, 5.41) is 20.5. The SMILES string of the molecule is CC.COc1cccc2c(N3CCC(C)(O)CC3)c(C#N)cnc12. The molecule has 0 bridgehead atoms. The van der Waals surface area contributed by atoms with Crippen molar-refractivity contribution < 1.29 is 9.84 Å². The number of aliphatic hydroxyl groups is 1. The molecule has 1 aliphatic rings. The number of aromatic nitrogens is 1. The predicted molar refractivity (Wildman–Crippen MR) is 96.4 cm³/mol. The highest BCUT2D eigenvalue weighted by atomic mass is 16.5. The highest BCUT2D eigenvalue weighted by Gasteiger charge is 2.29. The second kappa shape index (κ2) is 7.50. The lowest BCUT2D eigenvalue weighted by molar-refractivity contribution is 0.0352. The van der Waals surface area contributed by atoms with Gasteiger partial charge in [0.15, 0.2) is 0 Å². The molecule has 1 aromatic carbocycles. The number of piperidine rings is 1. The van der Waals surface area contributed by atoms with E-state index in [-0.39, 0.29) is 0 Å². The van der Waals surface area contributed by atoms with Crippen LogP contribution in [0.15, 0.2) is 24.4 Å². The number of rotatable bonds is 2. The van der Waals surface area contributed by atoms with Gasteiger partial charge in [0, 0.05) is 24.7 Å². The highest BCUT2D eigenvalue weighted by molar-refractivity contribution is 5.97. The standard InChI is InChI=1S/C17H19N3O2.C2H6/c1-17(21)6-8-20(9-7-17)16-12(10-18)11-19-15-13(16)4-3-5-14(15)22-2;1-2/h3-5,11,21H,6-9H2,1-2H3;1-2H3. The van der Waals surface area contributed by atoms with Crippen molar-refractivity contribution in [1.29, 1.82) is 5.26 Å². The largest absolute Gasteiger partial charge is 0.494 e. The number of methoxy groups -OCH3 is 1. The van der Waals surface area contributed by atoms with Crippen LogP contribution in [0.4, 0.5) is 5.69 Å². The van der Waals surface area contributed by atoms with E-state index in [2.05, 4.69) is 16.0 Å². The molecule has 0 unspecified atom stereocenters. The van der Waals surface area contributed by atoms with Gasteiger partial charge in [0.2, 0.25) is 0 Å². The molecular formula is C19H25N3O2. The molecule has 1 fully saturated rings. The first-order valence-electron chi connectivity index (χ1n) is 8.39. The molecule has 1 aliphatic heterocycles. The van der Waals surface area contributed by atoms with Crippen LogP contribution >= 0.6 is 0 Å². The molecule has 2 heterocycles. The Balaban J connectivity index is 0.00000100. The summed E-state index contributed by atoms with van der Waals surface area (Å²) in [5.74, 6) is 0.701. The number of hydrogen-bond donors (Lipinski definition) is 1. The lowest BCUT2D eigenvalue weighted by Crippen LogP contribution is -2.42. The second-order valence-electron chi connectivity index (χ2n) is 5.97. The topological polar surface area (TPSA) is 69.4 Å². The molecule has 0 atom stereocenters. The fourth-order valence-electron chi connectivity index (χ4n) is 2.98. The second-order valence-corrected chi connectivity index (χ2v) is 5.97. The summed E-state index contributed by atoms with van der Waals surface area (Å²) in [6.45, 7) is 7.30. The number of ether oxygens (including phenoxy) is 1. The van der Waals surface area contributed by atoms with E-state index in [1.165, 1.54) is 0 Å². The number of pyridine rings is 1. The molecule has 0 aliphatic carbocycles. The smallest absolute Gasteiger partial charge is 0.145 e. The molecule has 0 spiro atoms. The maximum Gasteiger partial charge on any atom is 0.145 e. The zero-order valence-electron chi connectivity index (χ0n) is 14.8. The van der Waals surface area contributed by atoms with Gasteiger partial charge in [-0.25, -0.2) is 0 Å². The summed E-state index contributed by atoms with van der Waals surface area (Å²) in [7, 11) is 1.62. The number of nitrogens with zero attached hydrogens (tertiary/aromatic N) is 3. The van der Waals surface area contributed by atoms with Gasteiger partial charge in [-0.05, 0) is 25.8 Å². The first kappa shape index (κ1) is 18.0. The number of hydrogen-bond acceptors (Lipinski definition) is 5. The predicted octanol–water partition coefficient (Wildman–Crippen LogP) is 3.49. The summed E-state index contributed by atoms with van der Waals surface area (Å²) in [5.41, 5.74) is 1.59. The van der Waals surface area contributed by atoms with Gasteiger partial charge >= 0.3 is 0 Å². The van der Waals surface area contributed by atoms with Gasteiger partial charge < -0.3 is 14.7 Å². The Morgan fingerprint density at radius 3 is 2.54 bits per heavy atom. The lowest BCUT2D eigenvalue weighted by atomic mass is 9.93. The molecule has 5 nitrogen and oxygen atoms in total. The quantitative estimate of drug-likeness (QED) is 0.914. The Hall–Kier alpha value is -2.32. The Bertz CT molecular complexity index is 740. The van der Waals surface area contributed by atoms with E-state index in [4.69, 9.17) is 4.74 Å². The van der Waals surface area contributed by atoms with E-state index in [0.29, 0.717) is 24.2 Å². The fourth-order valence-corrected chi connectivity index (χ4v) is 2.98. The van der Waals surface area contributed by atoms with Crippen molar-refractivity contribution >= 4 is 16.6 Å². The normalized spacial score (nSPS) is 16.1. The first-order chi connectivity index (χ1) is 11.6. The van der Waals surface area contributed by atoms with Crippen molar-refractivity contribution in [2.45, 2.75) is 39.2 Å². The van der Waals surface area contributed by atoms with Crippen molar-refractivity contribution in [3.05, 3.63) is 30.0 Å². The van der Waals surface area contributed by atoms with Gasteiger partial charge in [-0.3, -0.25) is 4.98 Å². The van der Waals surface area contributed by atoms with Gasteiger partial charge in [-0.1, -0.05) is 26.0 Å². The van der Waals surface area contributed by atoms with Crippen molar-refractivity contribution in [2.24, 2.45) is 0 Å². The van der Waals surface area contributed by atoms with Gasteiger partial charge in [0.05, 0.1) is 24.0 Å². The maximum atomic E-state index is 10.1. The number of fused-ring (bicyclic) bond motifs is 1. The van der Waals surface area contributed by atoms with Crippen LogP contribution < -0.4 is 9.64 Å². The van der Waals surface area contributed by atoms with E-state index in [0.717, 1.165) is 29.7 Å². The molecule has 0 radical (unpaired) electrons. The third-order valence-electron chi connectivity index (χ3n) is 4.33. The summed E-state index contributed by atoms with van der Waals surface area (Å²) < 4.78 is 5.37. The monoisotopic (exact) mass is 327 g/mol.